The average Bonchev–Trinajstić information content (AvgIpc) is 2.99. The third kappa shape index (κ3) is 4.84. The SMILES string of the molecule is CCCCOc1ccc(/C=C2/SC(=Nc3ccccc3C)N(CC)C2=O)cc1. The van der Waals surface area contributed by atoms with Crippen molar-refractivity contribution in [1.82, 2.24) is 4.90 Å². The zero-order valence-corrected chi connectivity index (χ0v) is 17.5. The molecule has 0 aliphatic carbocycles. The van der Waals surface area contributed by atoms with E-state index in [-0.39, 0.29) is 5.91 Å². The Labute approximate surface area is 171 Å². The van der Waals surface area contributed by atoms with E-state index in [9.17, 15) is 4.79 Å². The molecule has 1 aliphatic rings. The lowest BCUT2D eigenvalue weighted by atomic mass is 10.2. The van der Waals surface area contributed by atoms with E-state index in [0.717, 1.165) is 47.2 Å². The predicted octanol–water partition coefficient (Wildman–Crippen LogP) is 5.80. The highest BCUT2D eigenvalue weighted by Gasteiger charge is 2.32. The zero-order chi connectivity index (χ0) is 19.9. The summed E-state index contributed by atoms with van der Waals surface area (Å²) in [5, 5.41) is 0.729. The van der Waals surface area contributed by atoms with E-state index in [1.54, 1.807) is 4.90 Å². The fourth-order valence-electron chi connectivity index (χ4n) is 2.81. The first kappa shape index (κ1) is 20.2. The van der Waals surface area contributed by atoms with Crippen LogP contribution in [0.1, 0.15) is 37.8 Å². The summed E-state index contributed by atoms with van der Waals surface area (Å²) in [6.45, 7) is 7.47. The normalized spacial score (nSPS) is 17.0. The molecular formula is C23H26N2O2S. The molecule has 1 fully saturated rings. The lowest BCUT2D eigenvalue weighted by molar-refractivity contribution is -0.122. The van der Waals surface area contributed by atoms with Gasteiger partial charge in [-0.3, -0.25) is 9.69 Å². The van der Waals surface area contributed by atoms with E-state index in [2.05, 4.69) is 6.92 Å². The number of hydrogen-bond acceptors (Lipinski definition) is 4. The van der Waals surface area contributed by atoms with E-state index in [4.69, 9.17) is 9.73 Å². The summed E-state index contributed by atoms with van der Waals surface area (Å²) in [5.74, 6) is 0.862. The van der Waals surface area contributed by atoms with Gasteiger partial charge in [0.05, 0.1) is 17.2 Å². The van der Waals surface area contributed by atoms with E-state index >= 15 is 0 Å². The molecule has 5 heteroatoms. The van der Waals surface area contributed by atoms with Crippen LogP contribution in [0.5, 0.6) is 5.75 Å². The number of aryl methyl sites for hydroxylation is 1. The molecule has 3 rings (SSSR count). The molecular weight excluding hydrogens is 368 g/mol. The van der Waals surface area contributed by atoms with Crippen LogP contribution in [0.2, 0.25) is 0 Å². The van der Waals surface area contributed by atoms with Gasteiger partial charge in [0, 0.05) is 6.54 Å². The number of amides is 1. The molecule has 0 saturated carbocycles. The Balaban J connectivity index is 1.79. The molecule has 2 aromatic rings. The summed E-state index contributed by atoms with van der Waals surface area (Å²) in [5.41, 5.74) is 2.97. The van der Waals surface area contributed by atoms with Gasteiger partial charge in [-0.15, -0.1) is 0 Å². The number of thioether (sulfide) groups is 1. The summed E-state index contributed by atoms with van der Waals surface area (Å²) < 4.78 is 5.70. The van der Waals surface area contributed by atoms with Gasteiger partial charge in [-0.05, 0) is 67.4 Å². The summed E-state index contributed by atoms with van der Waals surface area (Å²) in [6, 6.07) is 15.8. The zero-order valence-electron chi connectivity index (χ0n) is 16.6. The Hall–Kier alpha value is -2.53. The first-order valence-corrected chi connectivity index (χ1v) is 10.5. The number of nitrogens with zero attached hydrogens (tertiary/aromatic N) is 2. The molecule has 0 aromatic heterocycles. The minimum atomic E-state index is 0.00288. The lowest BCUT2D eigenvalue weighted by Crippen LogP contribution is -2.28. The van der Waals surface area contributed by atoms with Gasteiger partial charge in [0.15, 0.2) is 5.17 Å². The number of unbranched alkanes of at least 4 members (excludes halogenated alkanes) is 1. The standard InChI is InChI=1S/C23H26N2O2S/c1-4-6-15-27-19-13-11-18(12-14-19)16-21-22(26)25(5-2)23(28-21)24-20-10-8-7-9-17(20)3/h7-14,16H,4-6,15H2,1-3H3/b21-16+,24-23?. The number of amidine groups is 1. The molecule has 0 spiro atoms. The maximum atomic E-state index is 12.8. The molecule has 0 bridgehead atoms. The Morgan fingerprint density at radius 3 is 2.54 bits per heavy atom. The highest BCUT2D eigenvalue weighted by molar-refractivity contribution is 8.18. The third-order valence-electron chi connectivity index (χ3n) is 4.48. The topological polar surface area (TPSA) is 41.9 Å². The molecule has 0 atom stereocenters. The smallest absolute Gasteiger partial charge is 0.266 e. The number of carbonyl (C=O) groups excluding carboxylic acids is 1. The van der Waals surface area contributed by atoms with Gasteiger partial charge in [-0.2, -0.15) is 0 Å². The first-order chi connectivity index (χ1) is 13.6. The van der Waals surface area contributed by atoms with Crippen LogP contribution in [0, 0.1) is 6.92 Å². The number of para-hydroxylation sites is 1. The maximum absolute atomic E-state index is 12.8. The molecule has 0 radical (unpaired) electrons. The number of likely N-dealkylation sites (N-methyl/N-ethyl adjacent to an activating group) is 1. The highest BCUT2D eigenvalue weighted by atomic mass is 32.2. The Kier molecular flexibility index (Phi) is 6.93. The van der Waals surface area contributed by atoms with Gasteiger partial charge < -0.3 is 4.74 Å². The molecule has 28 heavy (non-hydrogen) atoms. The van der Waals surface area contributed by atoms with Crippen molar-refractivity contribution < 1.29 is 9.53 Å². The van der Waals surface area contributed by atoms with E-state index in [0.29, 0.717) is 11.4 Å². The monoisotopic (exact) mass is 394 g/mol. The lowest BCUT2D eigenvalue weighted by Gasteiger charge is -2.12. The van der Waals surface area contributed by atoms with Gasteiger partial charge in [0.2, 0.25) is 0 Å². The van der Waals surface area contributed by atoms with Crippen molar-refractivity contribution in [3.8, 4) is 5.75 Å². The van der Waals surface area contributed by atoms with Crippen LogP contribution in [-0.2, 0) is 4.79 Å². The minimum Gasteiger partial charge on any atom is -0.494 e. The number of rotatable bonds is 7. The Morgan fingerprint density at radius 2 is 1.86 bits per heavy atom. The van der Waals surface area contributed by atoms with Crippen LogP contribution in [0.3, 0.4) is 0 Å². The molecule has 4 nitrogen and oxygen atoms in total. The number of aliphatic imine (C=N–C) groups is 1. The molecule has 0 N–H and O–H groups in total. The fraction of sp³-hybridized carbons (Fsp3) is 0.304. The van der Waals surface area contributed by atoms with Crippen molar-refractivity contribution in [2.75, 3.05) is 13.2 Å². The summed E-state index contributed by atoms with van der Waals surface area (Å²) in [6.07, 6.45) is 4.09. The molecule has 1 saturated heterocycles. The maximum Gasteiger partial charge on any atom is 0.266 e. The van der Waals surface area contributed by atoms with Crippen LogP contribution in [0.15, 0.2) is 58.4 Å². The largest absolute Gasteiger partial charge is 0.494 e. The van der Waals surface area contributed by atoms with Crippen LogP contribution >= 0.6 is 11.8 Å². The third-order valence-corrected chi connectivity index (χ3v) is 5.49. The average molecular weight is 395 g/mol. The van der Waals surface area contributed by atoms with Gasteiger partial charge in [-0.1, -0.05) is 43.7 Å². The summed E-state index contributed by atoms with van der Waals surface area (Å²) >= 11 is 1.43. The van der Waals surface area contributed by atoms with Gasteiger partial charge in [0.25, 0.3) is 5.91 Å². The van der Waals surface area contributed by atoms with Crippen molar-refractivity contribution in [3.63, 3.8) is 0 Å². The molecule has 1 heterocycles. The van der Waals surface area contributed by atoms with Gasteiger partial charge in [0.1, 0.15) is 5.75 Å². The van der Waals surface area contributed by atoms with Gasteiger partial charge in [-0.25, -0.2) is 4.99 Å². The summed E-state index contributed by atoms with van der Waals surface area (Å²) in [7, 11) is 0. The predicted molar refractivity (Wildman–Crippen MR) is 118 cm³/mol. The number of benzene rings is 2. The molecule has 1 aliphatic heterocycles. The quantitative estimate of drug-likeness (QED) is 0.440. The molecule has 2 aromatic carbocycles. The second-order valence-corrected chi connectivity index (χ2v) is 7.62. The number of hydrogen-bond donors (Lipinski definition) is 0. The van der Waals surface area contributed by atoms with E-state index < -0.39 is 0 Å². The Bertz CT molecular complexity index is 888. The van der Waals surface area contributed by atoms with Crippen molar-refractivity contribution in [1.29, 1.82) is 0 Å². The van der Waals surface area contributed by atoms with Crippen molar-refractivity contribution >= 4 is 34.6 Å². The molecule has 1 amide bonds. The fourth-order valence-corrected chi connectivity index (χ4v) is 3.86. The minimum absolute atomic E-state index is 0.00288. The molecule has 146 valence electrons. The van der Waals surface area contributed by atoms with E-state index in [1.165, 1.54) is 11.8 Å². The second-order valence-electron chi connectivity index (χ2n) is 6.61. The van der Waals surface area contributed by atoms with Crippen LogP contribution in [0.25, 0.3) is 6.08 Å². The van der Waals surface area contributed by atoms with Crippen molar-refractivity contribution in [3.05, 3.63) is 64.6 Å². The van der Waals surface area contributed by atoms with Crippen LogP contribution in [-0.4, -0.2) is 29.1 Å². The Morgan fingerprint density at radius 1 is 1.11 bits per heavy atom. The van der Waals surface area contributed by atoms with Crippen molar-refractivity contribution in [2.45, 2.75) is 33.6 Å². The van der Waals surface area contributed by atoms with Crippen molar-refractivity contribution in [2.24, 2.45) is 4.99 Å². The number of ether oxygens (including phenoxy) is 1. The van der Waals surface area contributed by atoms with Gasteiger partial charge >= 0.3 is 0 Å². The van der Waals surface area contributed by atoms with Crippen LogP contribution in [0.4, 0.5) is 5.69 Å². The number of carbonyl (C=O) groups is 1. The van der Waals surface area contributed by atoms with Crippen LogP contribution < -0.4 is 4.74 Å². The second kappa shape index (κ2) is 9.60. The summed E-state index contributed by atoms with van der Waals surface area (Å²) in [4.78, 5) is 19.9. The molecule has 0 unspecified atom stereocenters. The van der Waals surface area contributed by atoms with E-state index in [1.807, 2.05) is 68.5 Å². The first-order valence-electron chi connectivity index (χ1n) is 9.71. The highest BCUT2D eigenvalue weighted by Crippen LogP contribution is 2.34.